The summed E-state index contributed by atoms with van der Waals surface area (Å²) in [5.41, 5.74) is 2.87. The van der Waals surface area contributed by atoms with E-state index in [0.29, 0.717) is 17.5 Å². The molecule has 1 atom stereocenters. The van der Waals surface area contributed by atoms with Gasteiger partial charge in [-0.3, -0.25) is 9.59 Å². The fraction of sp³-hybridized carbons (Fsp3) is 0.333. The lowest BCUT2D eigenvalue weighted by Crippen LogP contribution is -2.19. The standard InChI is InChI=1S/C21H20O2/c1-20(2,3)14-10-8-13(9-11-14)17-12-21(17)18(22)15-6-4-5-7-16(15)19(21)23/h4-11,17H,12H2,1-3H3. The van der Waals surface area contributed by atoms with Crippen LogP contribution in [0.15, 0.2) is 48.5 Å². The molecule has 0 aliphatic heterocycles. The quantitative estimate of drug-likeness (QED) is 0.725. The number of ketones is 2. The van der Waals surface area contributed by atoms with Gasteiger partial charge in [-0.05, 0) is 23.0 Å². The van der Waals surface area contributed by atoms with E-state index in [2.05, 4.69) is 45.0 Å². The number of rotatable bonds is 1. The molecule has 1 saturated carbocycles. The Kier molecular flexibility index (Phi) is 2.76. The number of hydrogen-bond donors (Lipinski definition) is 0. The summed E-state index contributed by atoms with van der Waals surface area (Å²) in [5.74, 6) is 0.0647. The highest BCUT2D eigenvalue weighted by Crippen LogP contribution is 2.65. The molecule has 0 radical (unpaired) electrons. The summed E-state index contributed by atoms with van der Waals surface area (Å²) < 4.78 is 0. The first-order valence-electron chi connectivity index (χ1n) is 8.15. The summed E-state index contributed by atoms with van der Waals surface area (Å²) in [4.78, 5) is 25.6. The van der Waals surface area contributed by atoms with E-state index >= 15 is 0 Å². The molecule has 116 valence electrons. The van der Waals surface area contributed by atoms with Crippen LogP contribution < -0.4 is 0 Å². The van der Waals surface area contributed by atoms with Gasteiger partial charge in [0.2, 0.25) is 0 Å². The summed E-state index contributed by atoms with van der Waals surface area (Å²) in [6.07, 6.45) is 0.647. The first-order valence-corrected chi connectivity index (χ1v) is 8.15. The SMILES string of the molecule is CC(C)(C)c1ccc(C2CC23C(=O)c2ccccc2C3=O)cc1. The van der Waals surface area contributed by atoms with Crippen molar-refractivity contribution in [1.82, 2.24) is 0 Å². The molecule has 2 heteroatoms. The Balaban J connectivity index is 1.68. The zero-order chi connectivity index (χ0) is 16.4. The molecule has 4 rings (SSSR count). The average molecular weight is 304 g/mol. The lowest BCUT2D eigenvalue weighted by molar-refractivity contribution is 0.0809. The number of benzene rings is 2. The second kappa shape index (κ2) is 4.41. The minimum Gasteiger partial charge on any atom is -0.293 e. The molecule has 2 aromatic rings. The van der Waals surface area contributed by atoms with Crippen LogP contribution in [0.2, 0.25) is 0 Å². The first-order chi connectivity index (χ1) is 10.9. The number of carbonyl (C=O) groups is 2. The minimum absolute atomic E-state index is 0.0167. The molecule has 2 nitrogen and oxygen atoms in total. The number of fused-ring (bicyclic) bond motifs is 1. The largest absolute Gasteiger partial charge is 0.293 e. The molecule has 1 spiro atoms. The van der Waals surface area contributed by atoms with E-state index in [0.717, 1.165) is 5.56 Å². The lowest BCUT2D eigenvalue weighted by Gasteiger charge is -2.19. The van der Waals surface area contributed by atoms with E-state index in [1.54, 1.807) is 12.1 Å². The maximum Gasteiger partial charge on any atom is 0.178 e. The zero-order valence-electron chi connectivity index (χ0n) is 13.7. The molecule has 0 saturated heterocycles. The smallest absolute Gasteiger partial charge is 0.178 e. The van der Waals surface area contributed by atoms with Crippen molar-refractivity contribution in [3.8, 4) is 0 Å². The molecule has 0 heterocycles. The molecule has 0 bridgehead atoms. The molecule has 2 aliphatic carbocycles. The second-order valence-corrected chi connectivity index (χ2v) is 7.80. The Morgan fingerprint density at radius 3 is 1.87 bits per heavy atom. The van der Waals surface area contributed by atoms with E-state index in [1.807, 2.05) is 12.1 Å². The fourth-order valence-electron chi connectivity index (χ4n) is 3.85. The number of Topliss-reactive ketones (excluding diaryl/α,β-unsaturated/α-hetero) is 2. The van der Waals surface area contributed by atoms with Crippen molar-refractivity contribution in [2.24, 2.45) is 5.41 Å². The van der Waals surface area contributed by atoms with Crippen LogP contribution in [0, 0.1) is 5.41 Å². The van der Waals surface area contributed by atoms with Crippen LogP contribution in [0.5, 0.6) is 0 Å². The van der Waals surface area contributed by atoms with E-state index in [1.165, 1.54) is 5.56 Å². The third kappa shape index (κ3) is 1.87. The highest BCUT2D eigenvalue weighted by atomic mass is 16.2. The van der Waals surface area contributed by atoms with Crippen LogP contribution in [0.25, 0.3) is 0 Å². The lowest BCUT2D eigenvalue weighted by atomic mass is 9.85. The van der Waals surface area contributed by atoms with Gasteiger partial charge < -0.3 is 0 Å². The fourth-order valence-corrected chi connectivity index (χ4v) is 3.85. The van der Waals surface area contributed by atoms with Crippen LogP contribution in [-0.4, -0.2) is 11.6 Å². The molecular weight excluding hydrogens is 284 g/mol. The summed E-state index contributed by atoms with van der Waals surface area (Å²) in [5, 5.41) is 0. The second-order valence-electron chi connectivity index (χ2n) is 7.80. The molecule has 0 aromatic heterocycles. The maximum atomic E-state index is 12.8. The van der Waals surface area contributed by atoms with Gasteiger partial charge in [0.15, 0.2) is 11.6 Å². The molecule has 1 fully saturated rings. The first kappa shape index (κ1) is 14.4. The normalized spacial score (nSPS) is 21.6. The predicted octanol–water partition coefficient (Wildman–Crippen LogP) is 4.54. The molecular formula is C21H20O2. The molecule has 23 heavy (non-hydrogen) atoms. The summed E-state index contributed by atoms with van der Waals surface area (Å²) in [6, 6.07) is 15.6. The molecule has 0 amide bonds. The highest BCUT2D eigenvalue weighted by molar-refractivity contribution is 6.32. The van der Waals surface area contributed by atoms with E-state index in [9.17, 15) is 9.59 Å². The Hall–Kier alpha value is -2.22. The van der Waals surface area contributed by atoms with Gasteiger partial charge in [-0.15, -0.1) is 0 Å². The summed E-state index contributed by atoms with van der Waals surface area (Å²) >= 11 is 0. The minimum atomic E-state index is -0.813. The van der Waals surface area contributed by atoms with Crippen LogP contribution in [0.4, 0.5) is 0 Å². The van der Waals surface area contributed by atoms with Crippen molar-refractivity contribution in [2.75, 3.05) is 0 Å². The van der Waals surface area contributed by atoms with Gasteiger partial charge in [-0.1, -0.05) is 69.3 Å². The van der Waals surface area contributed by atoms with Crippen molar-refractivity contribution in [3.63, 3.8) is 0 Å². The van der Waals surface area contributed by atoms with Gasteiger partial charge in [0.25, 0.3) is 0 Å². The van der Waals surface area contributed by atoms with E-state index in [-0.39, 0.29) is 22.9 Å². The maximum absolute atomic E-state index is 12.8. The molecule has 1 unspecified atom stereocenters. The van der Waals surface area contributed by atoms with E-state index in [4.69, 9.17) is 0 Å². The van der Waals surface area contributed by atoms with Crippen molar-refractivity contribution >= 4 is 11.6 Å². The molecule has 2 aromatic carbocycles. The topological polar surface area (TPSA) is 34.1 Å². The van der Waals surface area contributed by atoms with Crippen molar-refractivity contribution in [1.29, 1.82) is 0 Å². The highest BCUT2D eigenvalue weighted by Gasteiger charge is 2.68. The van der Waals surface area contributed by atoms with E-state index < -0.39 is 5.41 Å². The monoisotopic (exact) mass is 304 g/mol. The molecule has 0 N–H and O–H groups in total. The third-order valence-electron chi connectivity index (χ3n) is 5.37. The Bertz CT molecular complexity index is 787. The number of hydrogen-bond acceptors (Lipinski definition) is 2. The Morgan fingerprint density at radius 2 is 1.39 bits per heavy atom. The van der Waals surface area contributed by atoms with Gasteiger partial charge >= 0.3 is 0 Å². The number of carbonyl (C=O) groups excluding carboxylic acids is 2. The third-order valence-corrected chi connectivity index (χ3v) is 5.37. The van der Waals surface area contributed by atoms with Gasteiger partial charge in [-0.25, -0.2) is 0 Å². The Morgan fingerprint density at radius 1 is 0.870 bits per heavy atom. The van der Waals surface area contributed by atoms with Crippen LogP contribution in [0.1, 0.15) is 65.0 Å². The predicted molar refractivity (Wildman–Crippen MR) is 90.0 cm³/mol. The molecule has 2 aliphatic rings. The summed E-state index contributed by atoms with van der Waals surface area (Å²) in [6.45, 7) is 6.55. The Labute approximate surface area is 136 Å². The van der Waals surface area contributed by atoms with Gasteiger partial charge in [-0.2, -0.15) is 0 Å². The van der Waals surface area contributed by atoms with Gasteiger partial charge in [0.1, 0.15) is 5.41 Å². The van der Waals surface area contributed by atoms with Crippen molar-refractivity contribution in [3.05, 3.63) is 70.8 Å². The average Bonchev–Trinajstić information content (AvgIpc) is 3.25. The van der Waals surface area contributed by atoms with Crippen LogP contribution in [0.3, 0.4) is 0 Å². The van der Waals surface area contributed by atoms with Crippen LogP contribution >= 0.6 is 0 Å². The summed E-state index contributed by atoms with van der Waals surface area (Å²) in [7, 11) is 0. The van der Waals surface area contributed by atoms with Crippen molar-refractivity contribution < 1.29 is 9.59 Å². The zero-order valence-corrected chi connectivity index (χ0v) is 13.7. The van der Waals surface area contributed by atoms with Gasteiger partial charge in [0, 0.05) is 17.0 Å². The van der Waals surface area contributed by atoms with Gasteiger partial charge in [0.05, 0.1) is 0 Å². The van der Waals surface area contributed by atoms with Crippen LogP contribution in [-0.2, 0) is 5.41 Å². The van der Waals surface area contributed by atoms with Crippen molar-refractivity contribution in [2.45, 2.75) is 38.5 Å².